The quantitative estimate of drug-likeness (QED) is 0.285. The van der Waals surface area contributed by atoms with Crippen LogP contribution in [0.3, 0.4) is 0 Å². The van der Waals surface area contributed by atoms with Crippen LogP contribution in [0.5, 0.6) is 0 Å². The van der Waals surface area contributed by atoms with E-state index in [0.717, 1.165) is 0 Å². The van der Waals surface area contributed by atoms with Gasteiger partial charge in [0.25, 0.3) is 0 Å². The maximum atomic E-state index is 2.71. The van der Waals surface area contributed by atoms with Crippen LogP contribution in [0.2, 0.25) is 9.88 Å². The van der Waals surface area contributed by atoms with Crippen molar-refractivity contribution in [1.29, 1.82) is 0 Å². The molecule has 0 saturated carbocycles. The fourth-order valence-corrected chi connectivity index (χ4v) is 18.6. The zero-order valence-electron chi connectivity index (χ0n) is 24.3. The molecule has 2 aromatic rings. The second-order valence-electron chi connectivity index (χ2n) is 12.7. The summed E-state index contributed by atoms with van der Waals surface area (Å²) in [6.45, 7) is 28.6. The van der Waals surface area contributed by atoms with E-state index in [9.17, 15) is 0 Å². The Morgan fingerprint density at radius 3 is 0.758 bits per heavy atom. The first-order chi connectivity index (χ1) is 15.1. The maximum absolute atomic E-state index is 2.99. The van der Waals surface area contributed by atoms with Gasteiger partial charge >= 0.3 is 212 Å². The number of hydrogen-bond acceptors (Lipinski definition) is 0. The summed E-state index contributed by atoms with van der Waals surface area (Å²) in [4.78, 5) is 5.41. The Morgan fingerprint density at radius 2 is 0.606 bits per heavy atom. The number of benzene rings is 2. The van der Waals surface area contributed by atoms with Crippen LogP contribution in [0.15, 0.2) is 24.3 Å². The van der Waals surface area contributed by atoms with Crippen molar-refractivity contribution >= 4 is 25.5 Å². The molecular weight excluding hydrogens is 503 g/mol. The molecule has 184 valence electrons. The minimum atomic E-state index is -2.99. The van der Waals surface area contributed by atoms with Crippen LogP contribution in [0.25, 0.3) is 0 Å². The Balaban J connectivity index is 3.06. The Morgan fingerprint density at radius 1 is 0.394 bits per heavy atom. The van der Waals surface area contributed by atoms with E-state index in [1.807, 2.05) is 0 Å². The molecule has 0 aliphatic carbocycles. The van der Waals surface area contributed by atoms with E-state index >= 15 is 0 Å². The van der Waals surface area contributed by atoms with Crippen LogP contribution >= 0.6 is 0 Å². The third kappa shape index (κ3) is 5.91. The zero-order chi connectivity index (χ0) is 25.4. The molecule has 0 amide bonds. The molecule has 0 aromatic heterocycles. The molecule has 0 heterocycles. The van der Waals surface area contributed by atoms with Crippen molar-refractivity contribution in [2.24, 2.45) is 0 Å². The van der Waals surface area contributed by atoms with E-state index in [2.05, 4.69) is 117 Å². The second kappa shape index (κ2) is 10.9. The van der Waals surface area contributed by atoms with Crippen LogP contribution in [0.1, 0.15) is 152 Å². The van der Waals surface area contributed by atoms with Crippen LogP contribution < -0.4 is 7.16 Å². The third-order valence-corrected chi connectivity index (χ3v) is 17.9. The second-order valence-corrected chi connectivity index (χ2v) is 24.8. The third-order valence-electron chi connectivity index (χ3n) is 7.51. The Hall–Kier alpha value is -0.761. The van der Waals surface area contributed by atoms with Gasteiger partial charge < -0.3 is 0 Å². The standard InChI is InChI=1S/2C15H23.2CH3.Sn/c2*1-10(2)13-7-14(11(3)4)9-15(8-13)12(5)6;;;/h2*7-8,10-12H,1-6H3;2*1H3;. The van der Waals surface area contributed by atoms with Crippen molar-refractivity contribution < 1.29 is 0 Å². The van der Waals surface area contributed by atoms with E-state index in [1.165, 1.54) is 11.1 Å². The van der Waals surface area contributed by atoms with Gasteiger partial charge in [-0.25, -0.2) is 0 Å². The van der Waals surface area contributed by atoms with Crippen molar-refractivity contribution in [3.05, 3.63) is 57.6 Å². The summed E-state index contributed by atoms with van der Waals surface area (Å²) in [5, 5.41) is 0. The molecule has 0 spiro atoms. The van der Waals surface area contributed by atoms with Crippen LogP contribution in [0.4, 0.5) is 0 Å². The first kappa shape index (κ1) is 28.5. The van der Waals surface area contributed by atoms with Crippen LogP contribution in [-0.4, -0.2) is 18.4 Å². The topological polar surface area (TPSA) is 0 Å². The molecule has 0 nitrogen and oxygen atoms in total. The van der Waals surface area contributed by atoms with Crippen molar-refractivity contribution in [2.75, 3.05) is 0 Å². The molecule has 2 aromatic carbocycles. The fraction of sp³-hybridized carbons (Fsp3) is 0.625. The number of hydrogen-bond donors (Lipinski definition) is 0. The van der Waals surface area contributed by atoms with Crippen molar-refractivity contribution in [2.45, 2.75) is 128 Å². The molecule has 2 rings (SSSR count). The molecule has 0 atom stereocenters. The van der Waals surface area contributed by atoms with E-state index < -0.39 is 18.4 Å². The van der Waals surface area contributed by atoms with E-state index in [-0.39, 0.29) is 0 Å². The summed E-state index contributed by atoms with van der Waals surface area (Å²) in [5.74, 6) is 3.32. The molecule has 33 heavy (non-hydrogen) atoms. The van der Waals surface area contributed by atoms with Gasteiger partial charge in [0.1, 0.15) is 0 Å². The SMILES string of the molecule is CC(C)c1cc(C(C)C)[c]([Sn]([CH3])([CH3])[c]2c(C(C)C)cc(C(C)C)cc2C(C)C)c(C(C)C)c1. The average Bonchev–Trinajstić information content (AvgIpc) is 2.71. The molecule has 0 aliphatic rings. The monoisotopic (exact) mass is 556 g/mol. The average molecular weight is 555 g/mol. The molecule has 0 unspecified atom stereocenters. The van der Waals surface area contributed by atoms with Crippen molar-refractivity contribution in [3.63, 3.8) is 0 Å². The minimum absolute atomic E-state index is 0.548. The van der Waals surface area contributed by atoms with Crippen LogP contribution in [-0.2, 0) is 0 Å². The summed E-state index contributed by atoms with van der Waals surface area (Å²) in [5.41, 5.74) is 9.53. The van der Waals surface area contributed by atoms with Gasteiger partial charge in [-0.1, -0.05) is 0 Å². The molecular formula is C32H52Sn. The van der Waals surface area contributed by atoms with E-state index in [4.69, 9.17) is 0 Å². The van der Waals surface area contributed by atoms with Crippen LogP contribution in [0, 0.1) is 0 Å². The molecule has 0 aliphatic heterocycles. The Labute approximate surface area is 210 Å². The molecule has 0 radical (unpaired) electrons. The van der Waals surface area contributed by atoms with Gasteiger partial charge in [-0.3, -0.25) is 0 Å². The van der Waals surface area contributed by atoms with Gasteiger partial charge in [0.15, 0.2) is 0 Å². The first-order valence-corrected chi connectivity index (χ1v) is 22.0. The molecule has 0 fully saturated rings. The van der Waals surface area contributed by atoms with E-state index in [0.29, 0.717) is 35.5 Å². The summed E-state index contributed by atoms with van der Waals surface area (Å²) >= 11 is -2.99. The molecule has 0 saturated heterocycles. The first-order valence-electron chi connectivity index (χ1n) is 13.5. The normalized spacial score (nSPS) is 13.0. The summed E-state index contributed by atoms with van der Waals surface area (Å²) in [7, 11) is 0. The molecule has 0 N–H and O–H groups in total. The number of rotatable bonds is 8. The zero-order valence-corrected chi connectivity index (χ0v) is 27.1. The Bertz CT molecular complexity index is 819. The summed E-state index contributed by atoms with van der Waals surface area (Å²) in [6, 6.07) is 10.3. The molecule has 1 heteroatoms. The van der Waals surface area contributed by atoms with Gasteiger partial charge in [-0.2, -0.15) is 0 Å². The predicted octanol–water partition coefficient (Wildman–Crippen LogP) is 9.25. The van der Waals surface area contributed by atoms with Crippen molar-refractivity contribution in [3.8, 4) is 0 Å². The summed E-state index contributed by atoms with van der Waals surface area (Å²) in [6.07, 6.45) is 0. The van der Waals surface area contributed by atoms with E-state index in [1.54, 1.807) is 29.4 Å². The summed E-state index contributed by atoms with van der Waals surface area (Å²) < 4.78 is 3.56. The van der Waals surface area contributed by atoms with Gasteiger partial charge in [0, 0.05) is 0 Å². The van der Waals surface area contributed by atoms with Gasteiger partial charge in [0.05, 0.1) is 0 Å². The van der Waals surface area contributed by atoms with Gasteiger partial charge in [-0.05, 0) is 0 Å². The van der Waals surface area contributed by atoms with Gasteiger partial charge in [0.2, 0.25) is 0 Å². The molecule has 0 bridgehead atoms. The fourth-order valence-electron chi connectivity index (χ4n) is 5.48. The Kier molecular flexibility index (Phi) is 9.39. The predicted molar refractivity (Wildman–Crippen MR) is 154 cm³/mol. The van der Waals surface area contributed by atoms with Gasteiger partial charge in [-0.15, -0.1) is 0 Å². The van der Waals surface area contributed by atoms with Crippen molar-refractivity contribution in [1.82, 2.24) is 0 Å².